The van der Waals surface area contributed by atoms with E-state index in [9.17, 15) is 4.21 Å². The second-order valence-electron chi connectivity index (χ2n) is 5.17. The SMILES string of the molecule is Cc1nn2c(nc(NCCC[S@@](C)=O)c3ccccc32)c1Cl. The number of para-hydroxylation sites is 1. The van der Waals surface area contributed by atoms with Gasteiger partial charge in [-0.2, -0.15) is 5.10 Å². The highest BCUT2D eigenvalue weighted by molar-refractivity contribution is 7.84. The molecule has 3 aromatic rings. The van der Waals surface area contributed by atoms with Crippen LogP contribution in [-0.2, 0) is 10.8 Å². The molecule has 1 atom stereocenters. The Bertz CT molecular complexity index is 861. The molecule has 7 heteroatoms. The topological polar surface area (TPSA) is 59.3 Å². The van der Waals surface area contributed by atoms with E-state index in [2.05, 4.69) is 15.4 Å². The van der Waals surface area contributed by atoms with Crippen molar-refractivity contribution in [3.8, 4) is 0 Å². The third kappa shape index (κ3) is 2.80. The van der Waals surface area contributed by atoms with Gasteiger partial charge in [-0.05, 0) is 25.5 Å². The normalized spacial score (nSPS) is 12.9. The lowest BCUT2D eigenvalue weighted by atomic mass is 10.2. The number of aromatic nitrogens is 3. The molecule has 0 unspecified atom stereocenters. The van der Waals surface area contributed by atoms with Gasteiger partial charge < -0.3 is 5.32 Å². The Kier molecular flexibility index (Phi) is 4.31. The Morgan fingerprint density at radius 1 is 1.36 bits per heavy atom. The van der Waals surface area contributed by atoms with Gasteiger partial charge in [-0.25, -0.2) is 9.50 Å². The molecule has 0 aliphatic heterocycles. The van der Waals surface area contributed by atoms with Gasteiger partial charge in [0.15, 0.2) is 5.65 Å². The van der Waals surface area contributed by atoms with Crippen molar-refractivity contribution in [3.05, 3.63) is 35.0 Å². The number of nitrogens with zero attached hydrogens (tertiary/aromatic N) is 3. The minimum Gasteiger partial charge on any atom is -0.369 e. The molecule has 5 nitrogen and oxygen atoms in total. The van der Waals surface area contributed by atoms with E-state index in [1.807, 2.05) is 31.2 Å². The summed E-state index contributed by atoms with van der Waals surface area (Å²) in [7, 11) is -0.769. The second kappa shape index (κ2) is 6.22. The van der Waals surface area contributed by atoms with Crippen LogP contribution in [0.1, 0.15) is 12.1 Å². The first-order chi connectivity index (χ1) is 10.6. The summed E-state index contributed by atoms with van der Waals surface area (Å²) in [6.07, 6.45) is 2.55. The Balaban J connectivity index is 2.03. The largest absolute Gasteiger partial charge is 0.369 e. The molecule has 2 heterocycles. The van der Waals surface area contributed by atoms with E-state index in [4.69, 9.17) is 11.6 Å². The number of hydrogen-bond donors (Lipinski definition) is 1. The number of benzene rings is 1. The maximum atomic E-state index is 11.1. The number of hydrogen-bond acceptors (Lipinski definition) is 4. The van der Waals surface area contributed by atoms with Crippen LogP contribution in [0.3, 0.4) is 0 Å². The average molecular weight is 337 g/mol. The fraction of sp³-hybridized carbons (Fsp3) is 0.333. The minimum atomic E-state index is -0.769. The zero-order valence-corrected chi connectivity index (χ0v) is 14.0. The van der Waals surface area contributed by atoms with Crippen molar-refractivity contribution in [1.29, 1.82) is 0 Å². The minimum absolute atomic E-state index is 0.573. The van der Waals surface area contributed by atoms with Crippen molar-refractivity contribution in [3.63, 3.8) is 0 Å². The molecule has 0 saturated carbocycles. The van der Waals surface area contributed by atoms with Crippen LogP contribution in [0.5, 0.6) is 0 Å². The predicted octanol–water partition coefficient (Wildman–Crippen LogP) is 3.02. The lowest BCUT2D eigenvalue weighted by Gasteiger charge is -2.10. The molecule has 0 bridgehead atoms. The summed E-state index contributed by atoms with van der Waals surface area (Å²) < 4.78 is 12.9. The Hall–Kier alpha value is -1.66. The van der Waals surface area contributed by atoms with Crippen LogP contribution in [0.25, 0.3) is 16.6 Å². The number of anilines is 1. The highest BCUT2D eigenvalue weighted by Crippen LogP contribution is 2.28. The van der Waals surface area contributed by atoms with Crippen molar-refractivity contribution in [2.75, 3.05) is 23.9 Å². The van der Waals surface area contributed by atoms with Crippen molar-refractivity contribution < 1.29 is 4.21 Å². The molecule has 0 aliphatic carbocycles. The van der Waals surface area contributed by atoms with Gasteiger partial charge in [0.05, 0.1) is 11.2 Å². The standard InChI is InChI=1S/C15H17ClN4OS/c1-10-13(16)15-18-14(17-8-5-9-22(2)21)11-6-3-4-7-12(11)20(15)19-10/h3-4,6-7H,5,8-9H2,1-2H3,(H,17,18)/t22-/m1/s1. The van der Waals surface area contributed by atoms with Crippen LogP contribution < -0.4 is 5.32 Å². The number of nitrogens with one attached hydrogen (secondary N) is 1. The van der Waals surface area contributed by atoms with E-state index in [1.165, 1.54) is 0 Å². The molecule has 22 heavy (non-hydrogen) atoms. The smallest absolute Gasteiger partial charge is 0.176 e. The van der Waals surface area contributed by atoms with E-state index in [-0.39, 0.29) is 0 Å². The van der Waals surface area contributed by atoms with Gasteiger partial charge in [0, 0.05) is 34.7 Å². The van der Waals surface area contributed by atoms with Gasteiger partial charge in [0.1, 0.15) is 10.8 Å². The highest BCUT2D eigenvalue weighted by atomic mass is 35.5. The van der Waals surface area contributed by atoms with Gasteiger partial charge in [0.25, 0.3) is 0 Å². The first kappa shape index (κ1) is 15.2. The summed E-state index contributed by atoms with van der Waals surface area (Å²) in [4.78, 5) is 4.62. The number of fused-ring (bicyclic) bond motifs is 3. The van der Waals surface area contributed by atoms with Gasteiger partial charge in [-0.15, -0.1) is 0 Å². The van der Waals surface area contributed by atoms with Crippen molar-refractivity contribution in [2.45, 2.75) is 13.3 Å². The maximum Gasteiger partial charge on any atom is 0.176 e. The molecule has 0 fully saturated rings. The van der Waals surface area contributed by atoms with Crippen LogP contribution in [-0.4, -0.2) is 37.4 Å². The van der Waals surface area contributed by atoms with E-state index in [0.29, 0.717) is 16.4 Å². The summed E-state index contributed by atoms with van der Waals surface area (Å²) in [6, 6.07) is 7.95. The maximum absolute atomic E-state index is 11.1. The summed E-state index contributed by atoms with van der Waals surface area (Å²) in [5.41, 5.74) is 2.38. The molecule has 0 saturated heterocycles. The van der Waals surface area contributed by atoms with E-state index in [1.54, 1.807) is 10.8 Å². The molecule has 3 rings (SSSR count). The molecule has 116 valence electrons. The van der Waals surface area contributed by atoms with Crippen LogP contribution in [0.4, 0.5) is 5.82 Å². The highest BCUT2D eigenvalue weighted by Gasteiger charge is 2.14. The third-order valence-corrected chi connectivity index (χ3v) is 4.78. The molecule has 0 amide bonds. The average Bonchev–Trinajstić information content (AvgIpc) is 2.79. The first-order valence-electron chi connectivity index (χ1n) is 7.05. The zero-order valence-electron chi connectivity index (χ0n) is 12.5. The van der Waals surface area contributed by atoms with Gasteiger partial charge >= 0.3 is 0 Å². The van der Waals surface area contributed by atoms with Crippen molar-refractivity contribution in [2.24, 2.45) is 0 Å². The predicted molar refractivity (Wildman–Crippen MR) is 92.3 cm³/mol. The second-order valence-corrected chi connectivity index (χ2v) is 7.10. The van der Waals surface area contributed by atoms with Gasteiger partial charge in [-0.1, -0.05) is 23.7 Å². The monoisotopic (exact) mass is 336 g/mol. The van der Waals surface area contributed by atoms with E-state index in [0.717, 1.165) is 35.4 Å². The lowest BCUT2D eigenvalue weighted by Crippen LogP contribution is -2.09. The lowest BCUT2D eigenvalue weighted by molar-refractivity contribution is 0.685. The Labute approximate surface area is 136 Å². The Morgan fingerprint density at radius 2 is 2.14 bits per heavy atom. The molecule has 0 spiro atoms. The van der Waals surface area contributed by atoms with Crippen molar-refractivity contribution >= 4 is 44.8 Å². The van der Waals surface area contributed by atoms with Crippen molar-refractivity contribution in [1.82, 2.24) is 14.6 Å². The zero-order chi connectivity index (χ0) is 15.7. The fourth-order valence-electron chi connectivity index (χ4n) is 2.40. The molecule has 0 aliphatic rings. The molecule has 0 radical (unpaired) electrons. The third-order valence-electron chi connectivity index (χ3n) is 3.47. The summed E-state index contributed by atoms with van der Waals surface area (Å²) in [6.45, 7) is 2.59. The number of halogens is 1. The van der Waals surface area contributed by atoms with E-state index < -0.39 is 10.8 Å². The molecule has 1 N–H and O–H groups in total. The molecule has 2 aromatic heterocycles. The fourth-order valence-corrected chi connectivity index (χ4v) is 3.11. The molecule has 1 aromatic carbocycles. The summed E-state index contributed by atoms with van der Waals surface area (Å²) >= 11 is 6.30. The van der Waals surface area contributed by atoms with Crippen LogP contribution >= 0.6 is 11.6 Å². The van der Waals surface area contributed by atoms with E-state index >= 15 is 0 Å². The van der Waals surface area contributed by atoms with Gasteiger partial charge in [-0.3, -0.25) is 4.21 Å². The summed E-state index contributed by atoms with van der Waals surface area (Å²) in [5.74, 6) is 1.46. The molecular weight excluding hydrogens is 320 g/mol. The van der Waals surface area contributed by atoms with Gasteiger partial charge in [0.2, 0.25) is 0 Å². The van der Waals surface area contributed by atoms with Crippen LogP contribution in [0, 0.1) is 6.92 Å². The first-order valence-corrected chi connectivity index (χ1v) is 9.16. The number of rotatable bonds is 5. The summed E-state index contributed by atoms with van der Waals surface area (Å²) in [5, 5.41) is 9.35. The quantitative estimate of drug-likeness (QED) is 0.728. The number of aryl methyl sites for hydroxylation is 1. The Morgan fingerprint density at radius 3 is 2.91 bits per heavy atom. The van der Waals surface area contributed by atoms with Crippen LogP contribution in [0.2, 0.25) is 5.02 Å². The molecular formula is C15H17ClN4OS. The van der Waals surface area contributed by atoms with Crippen LogP contribution in [0.15, 0.2) is 24.3 Å².